The highest BCUT2D eigenvalue weighted by Gasteiger charge is 2.20. The van der Waals surface area contributed by atoms with Crippen LogP contribution in [-0.4, -0.2) is 29.5 Å². The Labute approximate surface area is 327 Å². The maximum atomic E-state index is 5.27. The molecular formula is C50H40N6. The maximum Gasteiger partial charge on any atom is 0.160 e. The first-order chi connectivity index (χ1) is 27.7. The van der Waals surface area contributed by atoms with Crippen molar-refractivity contribution in [3.8, 4) is 56.7 Å². The number of para-hydroxylation sites is 4. The van der Waals surface area contributed by atoms with E-state index in [-0.39, 0.29) is 0 Å². The number of allylic oxidation sites excluding steroid dienone is 5. The number of nitrogens with zero attached hydrogens (tertiary/aromatic N) is 6. The summed E-state index contributed by atoms with van der Waals surface area (Å²) in [6.07, 6.45) is 7.93. The maximum absolute atomic E-state index is 5.27. The molecule has 0 atom stereocenters. The molecule has 270 valence electrons. The summed E-state index contributed by atoms with van der Waals surface area (Å²) < 4.78 is 2.15. The van der Waals surface area contributed by atoms with E-state index in [1.807, 2.05) is 136 Å². The van der Waals surface area contributed by atoms with E-state index in [2.05, 4.69) is 71.8 Å². The van der Waals surface area contributed by atoms with Gasteiger partial charge in [-0.1, -0.05) is 142 Å². The number of fused-ring (bicyclic) bond motifs is 3. The van der Waals surface area contributed by atoms with Crippen molar-refractivity contribution in [1.82, 2.24) is 29.5 Å². The molecule has 0 unspecified atom stereocenters. The number of hydrogen-bond acceptors (Lipinski definition) is 5. The molecule has 0 radical (unpaired) electrons. The third kappa shape index (κ3) is 6.80. The lowest BCUT2D eigenvalue weighted by Crippen LogP contribution is -2.01. The van der Waals surface area contributed by atoms with E-state index in [0.717, 1.165) is 83.6 Å². The first-order valence-electron chi connectivity index (χ1n) is 18.9. The van der Waals surface area contributed by atoms with Crippen LogP contribution in [0, 0.1) is 0 Å². The van der Waals surface area contributed by atoms with Gasteiger partial charge in [-0.05, 0) is 61.5 Å². The number of aromatic nitrogens is 6. The summed E-state index contributed by atoms with van der Waals surface area (Å²) in [4.78, 5) is 26.1. The van der Waals surface area contributed by atoms with Crippen LogP contribution in [0.3, 0.4) is 0 Å². The van der Waals surface area contributed by atoms with Crippen molar-refractivity contribution in [1.29, 1.82) is 0 Å². The highest BCUT2D eigenvalue weighted by atomic mass is 15.1. The fraction of sp³-hybridized carbons (Fsp3) is 0.0600. The van der Waals surface area contributed by atoms with Crippen LogP contribution >= 0.6 is 0 Å². The molecule has 0 fully saturated rings. The number of benzene rings is 6. The summed E-state index contributed by atoms with van der Waals surface area (Å²) >= 11 is 0. The Balaban J connectivity index is 0.00000217. The van der Waals surface area contributed by atoms with E-state index in [9.17, 15) is 0 Å². The van der Waals surface area contributed by atoms with Gasteiger partial charge in [0.05, 0.1) is 33.5 Å². The molecular weight excluding hydrogens is 685 g/mol. The number of hydrogen-bond donors (Lipinski definition) is 0. The van der Waals surface area contributed by atoms with Gasteiger partial charge in [0.25, 0.3) is 0 Å². The summed E-state index contributed by atoms with van der Waals surface area (Å²) in [6, 6.07) is 51.4. The van der Waals surface area contributed by atoms with E-state index in [1.165, 1.54) is 0 Å². The molecule has 9 aromatic rings. The van der Waals surface area contributed by atoms with Gasteiger partial charge in [0, 0.05) is 44.3 Å². The largest absolute Gasteiger partial charge is 0.292 e. The molecule has 56 heavy (non-hydrogen) atoms. The fourth-order valence-electron chi connectivity index (χ4n) is 6.97. The molecule has 0 saturated carbocycles. The topological polar surface area (TPSA) is 69.4 Å². The Morgan fingerprint density at radius 3 is 1.48 bits per heavy atom. The Hall–Kier alpha value is -7.31. The third-order valence-corrected chi connectivity index (χ3v) is 9.50. The van der Waals surface area contributed by atoms with Crippen LogP contribution in [-0.2, 0) is 0 Å². The van der Waals surface area contributed by atoms with Crippen molar-refractivity contribution < 1.29 is 0 Å². The van der Waals surface area contributed by atoms with E-state index < -0.39 is 0 Å². The summed E-state index contributed by atoms with van der Waals surface area (Å²) in [6.45, 7) is 10.2. The van der Waals surface area contributed by atoms with Crippen LogP contribution < -0.4 is 0 Å². The number of imidazole rings is 1. The van der Waals surface area contributed by atoms with E-state index in [4.69, 9.17) is 24.9 Å². The van der Waals surface area contributed by atoms with E-state index in [1.54, 1.807) is 0 Å². The molecule has 0 bridgehead atoms. The zero-order valence-electron chi connectivity index (χ0n) is 31.6. The highest BCUT2D eigenvalue weighted by molar-refractivity contribution is 5.96. The smallest absolute Gasteiger partial charge is 0.160 e. The van der Waals surface area contributed by atoms with Crippen molar-refractivity contribution in [3.05, 3.63) is 183 Å². The van der Waals surface area contributed by atoms with Gasteiger partial charge in [0.1, 0.15) is 5.82 Å². The third-order valence-electron chi connectivity index (χ3n) is 9.50. The first kappa shape index (κ1) is 35.7. The van der Waals surface area contributed by atoms with Gasteiger partial charge < -0.3 is 0 Å². The molecule has 0 spiro atoms. The van der Waals surface area contributed by atoms with Crippen molar-refractivity contribution in [2.24, 2.45) is 0 Å². The SMILES string of the molecule is C=C/C(=C\C=C/C)n1c(-c2cc(-c3nc(-c4ccccc4)c4ccccc4n3)cc(-c3nc(-c4ccccc4)c4ccccc4n3)c2)nc2ccccc21.CC. The van der Waals surface area contributed by atoms with Gasteiger partial charge in [-0.2, -0.15) is 0 Å². The average molecular weight is 725 g/mol. The fourth-order valence-corrected chi connectivity index (χ4v) is 6.97. The van der Waals surface area contributed by atoms with Crippen LogP contribution in [0.15, 0.2) is 183 Å². The highest BCUT2D eigenvalue weighted by Crippen LogP contribution is 2.37. The molecule has 0 N–H and O–H groups in total. The lowest BCUT2D eigenvalue weighted by molar-refractivity contribution is 1.14. The summed E-state index contributed by atoms with van der Waals surface area (Å²) in [5.41, 5.74) is 10.7. The molecule has 6 heteroatoms. The normalized spacial score (nSPS) is 11.6. The van der Waals surface area contributed by atoms with Gasteiger partial charge in [0.15, 0.2) is 11.6 Å². The van der Waals surface area contributed by atoms with Crippen LogP contribution in [0.1, 0.15) is 20.8 Å². The molecule has 0 amide bonds. The molecule has 0 aliphatic carbocycles. The Morgan fingerprint density at radius 1 is 0.500 bits per heavy atom. The Morgan fingerprint density at radius 2 is 0.964 bits per heavy atom. The summed E-state index contributed by atoms with van der Waals surface area (Å²) in [7, 11) is 0. The Kier molecular flexibility index (Phi) is 10.2. The van der Waals surface area contributed by atoms with Gasteiger partial charge in [-0.25, -0.2) is 24.9 Å². The van der Waals surface area contributed by atoms with Crippen LogP contribution in [0.25, 0.3) is 95.2 Å². The van der Waals surface area contributed by atoms with Gasteiger partial charge >= 0.3 is 0 Å². The zero-order chi connectivity index (χ0) is 38.4. The minimum absolute atomic E-state index is 0.593. The predicted molar refractivity (Wildman–Crippen MR) is 234 cm³/mol. The predicted octanol–water partition coefficient (Wildman–Crippen LogP) is 12.9. The second kappa shape index (κ2) is 16.0. The standard InChI is InChI=1S/C48H34N6.C2H6/c1-3-5-22-37(4-2)54-43-28-17-16-27-42(43)51-48(54)36-30-34(46-49-40-25-14-12-23-38(40)44(52-46)32-18-8-6-9-19-32)29-35(31-36)47-50-41-26-15-13-24-39(41)45(53-47)33-20-10-7-11-21-33;1-2/h3-31H,2H2,1H3;1-2H3/b5-3-,37-22+;. The second-order valence-electron chi connectivity index (χ2n) is 12.9. The van der Waals surface area contributed by atoms with Gasteiger partial charge in [-0.3, -0.25) is 4.57 Å². The average Bonchev–Trinajstić information content (AvgIpc) is 3.66. The van der Waals surface area contributed by atoms with E-state index >= 15 is 0 Å². The molecule has 3 heterocycles. The van der Waals surface area contributed by atoms with Crippen molar-refractivity contribution in [2.45, 2.75) is 20.8 Å². The first-order valence-corrected chi connectivity index (χ1v) is 18.9. The summed E-state index contributed by atoms with van der Waals surface area (Å²) in [5.74, 6) is 1.94. The summed E-state index contributed by atoms with van der Waals surface area (Å²) in [5, 5.41) is 1.97. The van der Waals surface area contributed by atoms with Gasteiger partial charge in [-0.15, -0.1) is 0 Å². The van der Waals surface area contributed by atoms with Crippen LogP contribution in [0.5, 0.6) is 0 Å². The zero-order valence-corrected chi connectivity index (χ0v) is 31.6. The van der Waals surface area contributed by atoms with Gasteiger partial charge in [0.2, 0.25) is 0 Å². The molecule has 3 aromatic heterocycles. The monoisotopic (exact) mass is 724 g/mol. The van der Waals surface area contributed by atoms with Crippen molar-refractivity contribution in [3.63, 3.8) is 0 Å². The molecule has 0 aliphatic rings. The second-order valence-corrected chi connectivity index (χ2v) is 12.9. The Bertz CT molecular complexity index is 2760. The molecule has 6 aromatic carbocycles. The quantitative estimate of drug-likeness (QED) is 0.146. The van der Waals surface area contributed by atoms with E-state index in [0.29, 0.717) is 11.6 Å². The minimum Gasteiger partial charge on any atom is -0.292 e. The lowest BCUT2D eigenvalue weighted by Gasteiger charge is -2.15. The lowest BCUT2D eigenvalue weighted by atomic mass is 10.0. The van der Waals surface area contributed by atoms with Crippen molar-refractivity contribution >= 4 is 38.5 Å². The number of rotatable bonds is 8. The molecule has 0 saturated heterocycles. The van der Waals surface area contributed by atoms with Crippen molar-refractivity contribution in [2.75, 3.05) is 0 Å². The minimum atomic E-state index is 0.593. The molecule has 6 nitrogen and oxygen atoms in total. The molecule has 9 rings (SSSR count). The van der Waals surface area contributed by atoms with Crippen LogP contribution in [0.4, 0.5) is 0 Å². The molecule has 0 aliphatic heterocycles. The van der Waals surface area contributed by atoms with Crippen LogP contribution in [0.2, 0.25) is 0 Å².